The second kappa shape index (κ2) is 8.12. The first-order valence-corrected chi connectivity index (χ1v) is 9.99. The van der Waals surface area contributed by atoms with Crippen molar-refractivity contribution < 1.29 is 9.32 Å². The maximum atomic E-state index is 12.8. The number of pyridine rings is 1. The number of amides is 1. The Balaban J connectivity index is 1.46. The van der Waals surface area contributed by atoms with Crippen LogP contribution in [0.25, 0.3) is 28.5 Å². The lowest BCUT2D eigenvalue weighted by molar-refractivity contribution is -0.117. The number of nitrogens with zero attached hydrogens (tertiary/aromatic N) is 5. The molecular weight excluding hydrogens is 432 g/mol. The molecule has 0 bridgehead atoms. The third kappa shape index (κ3) is 3.77. The average molecular weight is 447 g/mol. The Morgan fingerprint density at radius 3 is 2.59 bits per heavy atom. The van der Waals surface area contributed by atoms with E-state index in [0.717, 1.165) is 10.2 Å². The van der Waals surface area contributed by atoms with Gasteiger partial charge in [-0.05, 0) is 48.5 Å². The largest absolute Gasteiger partial charge is 0.350 e. The van der Waals surface area contributed by atoms with Crippen LogP contribution in [0, 0.1) is 0 Å². The molecule has 9 nitrogen and oxygen atoms in total. The van der Waals surface area contributed by atoms with Crippen molar-refractivity contribution in [3.8, 4) is 22.8 Å². The monoisotopic (exact) mass is 446 g/mol. The first-order chi connectivity index (χ1) is 15.6. The molecule has 1 N–H and O–H groups in total. The summed E-state index contributed by atoms with van der Waals surface area (Å²) in [5.74, 6) is 0.209. The molecule has 32 heavy (non-hydrogen) atoms. The normalized spacial score (nSPS) is 11.0. The van der Waals surface area contributed by atoms with Gasteiger partial charge in [0.25, 0.3) is 5.89 Å². The van der Waals surface area contributed by atoms with Gasteiger partial charge in [0, 0.05) is 22.5 Å². The number of hydrogen-bond acceptors (Lipinski definition) is 6. The van der Waals surface area contributed by atoms with E-state index >= 15 is 0 Å². The highest BCUT2D eigenvalue weighted by Crippen LogP contribution is 2.25. The van der Waals surface area contributed by atoms with Gasteiger partial charge in [-0.3, -0.25) is 4.79 Å². The molecule has 0 unspecified atom stereocenters. The zero-order chi connectivity index (χ0) is 22.1. The van der Waals surface area contributed by atoms with Crippen LogP contribution in [0.1, 0.15) is 0 Å². The molecular formula is C22H15ClN6O3. The molecule has 5 rings (SSSR count). The van der Waals surface area contributed by atoms with Gasteiger partial charge in [-0.15, -0.1) is 5.10 Å². The van der Waals surface area contributed by atoms with E-state index in [1.807, 2.05) is 18.2 Å². The Morgan fingerprint density at radius 1 is 1.03 bits per heavy atom. The molecule has 0 aliphatic carbocycles. The Morgan fingerprint density at radius 2 is 1.81 bits per heavy atom. The number of rotatable bonds is 5. The van der Waals surface area contributed by atoms with Crippen molar-refractivity contribution in [1.29, 1.82) is 0 Å². The number of fused-ring (bicyclic) bond motifs is 1. The lowest BCUT2D eigenvalue weighted by Gasteiger charge is -2.03. The van der Waals surface area contributed by atoms with Crippen LogP contribution < -0.4 is 11.0 Å². The summed E-state index contributed by atoms with van der Waals surface area (Å²) in [5.41, 5.74) is 1.69. The molecule has 0 aliphatic heterocycles. The fourth-order valence-electron chi connectivity index (χ4n) is 3.22. The zero-order valence-electron chi connectivity index (χ0n) is 16.5. The number of nitrogens with one attached hydrogen (secondary N) is 1. The van der Waals surface area contributed by atoms with Crippen molar-refractivity contribution in [2.75, 3.05) is 5.32 Å². The Labute approximate surface area is 185 Å². The first-order valence-electron chi connectivity index (χ1n) is 9.61. The highest BCUT2D eigenvalue weighted by atomic mass is 35.5. The summed E-state index contributed by atoms with van der Waals surface area (Å²) in [5, 5.41) is 11.7. The van der Waals surface area contributed by atoms with E-state index < -0.39 is 5.69 Å². The molecule has 0 radical (unpaired) electrons. The van der Waals surface area contributed by atoms with Gasteiger partial charge in [0.15, 0.2) is 5.65 Å². The lowest BCUT2D eigenvalue weighted by Crippen LogP contribution is -2.28. The van der Waals surface area contributed by atoms with Gasteiger partial charge in [0.2, 0.25) is 11.7 Å². The van der Waals surface area contributed by atoms with Crippen LogP contribution in [0.15, 0.2) is 82.2 Å². The van der Waals surface area contributed by atoms with Crippen LogP contribution in [0.2, 0.25) is 5.02 Å². The minimum Gasteiger partial charge on any atom is -0.333 e. The molecule has 0 spiro atoms. The summed E-state index contributed by atoms with van der Waals surface area (Å²) in [6, 6.07) is 19.4. The number of carbonyl (C=O) groups is 1. The fourth-order valence-corrected chi connectivity index (χ4v) is 3.34. The molecule has 0 saturated heterocycles. The quantitative estimate of drug-likeness (QED) is 0.442. The van der Waals surface area contributed by atoms with Gasteiger partial charge in [-0.1, -0.05) is 35.0 Å². The van der Waals surface area contributed by atoms with Gasteiger partial charge >= 0.3 is 5.69 Å². The summed E-state index contributed by atoms with van der Waals surface area (Å²) >= 11 is 5.93. The summed E-state index contributed by atoms with van der Waals surface area (Å²) in [6.45, 7) is -0.241. The molecule has 1 amide bonds. The Kier molecular flexibility index (Phi) is 5.00. The smallest absolute Gasteiger partial charge is 0.333 e. The average Bonchev–Trinajstić information content (AvgIpc) is 3.40. The van der Waals surface area contributed by atoms with E-state index in [1.54, 1.807) is 54.7 Å². The fraction of sp³-hybridized carbons (Fsp3) is 0.0455. The van der Waals surface area contributed by atoms with E-state index in [9.17, 15) is 9.59 Å². The Hall–Kier alpha value is -4.24. The summed E-state index contributed by atoms with van der Waals surface area (Å²) in [6.07, 6.45) is 1.57. The van der Waals surface area contributed by atoms with Crippen LogP contribution in [0.5, 0.6) is 0 Å². The number of para-hydroxylation sites is 1. The third-order valence-corrected chi connectivity index (χ3v) is 4.97. The molecule has 3 aromatic heterocycles. The SMILES string of the molecule is O=C(Cn1nc2c(-c3nc(-c4ccc(Cl)cc4)no3)cccn2c1=O)Nc1ccccc1. The lowest BCUT2D eigenvalue weighted by atomic mass is 10.2. The van der Waals surface area contributed by atoms with Gasteiger partial charge in [-0.2, -0.15) is 4.98 Å². The molecule has 10 heteroatoms. The first kappa shape index (κ1) is 19.7. The molecule has 0 atom stereocenters. The molecule has 0 aliphatic rings. The van der Waals surface area contributed by atoms with E-state index in [4.69, 9.17) is 16.1 Å². The molecule has 5 aromatic rings. The molecule has 2 aromatic carbocycles. The number of benzene rings is 2. The minimum absolute atomic E-state index is 0.200. The van der Waals surface area contributed by atoms with Crippen molar-refractivity contribution in [3.05, 3.63) is 88.4 Å². The highest BCUT2D eigenvalue weighted by Gasteiger charge is 2.18. The van der Waals surface area contributed by atoms with Crippen LogP contribution in [-0.2, 0) is 11.3 Å². The number of anilines is 1. The number of aromatic nitrogens is 5. The van der Waals surface area contributed by atoms with Crippen LogP contribution in [0.3, 0.4) is 0 Å². The number of carbonyl (C=O) groups excluding carboxylic acids is 1. The summed E-state index contributed by atoms with van der Waals surface area (Å²) < 4.78 is 7.84. The standard InChI is InChI=1S/C22H15ClN6O3/c23-15-10-8-14(9-11-15)19-25-21(32-27-19)17-7-4-12-28-20(17)26-29(22(28)31)13-18(30)24-16-5-2-1-3-6-16/h1-12H,13H2,(H,24,30). The van der Waals surface area contributed by atoms with Gasteiger partial charge in [-0.25, -0.2) is 13.9 Å². The van der Waals surface area contributed by atoms with Crippen molar-refractivity contribution >= 4 is 28.8 Å². The highest BCUT2D eigenvalue weighted by molar-refractivity contribution is 6.30. The molecule has 0 saturated carbocycles. The van der Waals surface area contributed by atoms with Crippen molar-refractivity contribution in [2.24, 2.45) is 0 Å². The van der Waals surface area contributed by atoms with Crippen molar-refractivity contribution in [2.45, 2.75) is 6.54 Å². The second-order valence-corrected chi connectivity index (χ2v) is 7.34. The van der Waals surface area contributed by atoms with Crippen LogP contribution in [0.4, 0.5) is 5.69 Å². The van der Waals surface area contributed by atoms with E-state index in [-0.39, 0.29) is 18.3 Å². The minimum atomic E-state index is -0.456. The number of hydrogen-bond donors (Lipinski definition) is 1. The van der Waals surface area contributed by atoms with Gasteiger partial charge < -0.3 is 9.84 Å². The van der Waals surface area contributed by atoms with E-state index in [0.29, 0.717) is 27.7 Å². The van der Waals surface area contributed by atoms with Crippen LogP contribution >= 0.6 is 11.6 Å². The van der Waals surface area contributed by atoms with Gasteiger partial charge in [0.1, 0.15) is 6.54 Å². The molecule has 3 heterocycles. The van der Waals surface area contributed by atoms with Gasteiger partial charge in [0.05, 0.1) is 5.56 Å². The summed E-state index contributed by atoms with van der Waals surface area (Å²) in [4.78, 5) is 29.6. The Bertz CT molecular complexity index is 1470. The molecule has 0 fully saturated rings. The predicted molar refractivity (Wildman–Crippen MR) is 118 cm³/mol. The van der Waals surface area contributed by atoms with Crippen molar-refractivity contribution in [3.63, 3.8) is 0 Å². The predicted octanol–water partition coefficient (Wildman–Crippen LogP) is 3.51. The van der Waals surface area contributed by atoms with E-state index in [2.05, 4.69) is 20.6 Å². The number of halogens is 1. The van der Waals surface area contributed by atoms with E-state index in [1.165, 1.54) is 4.40 Å². The van der Waals surface area contributed by atoms with Crippen LogP contribution in [-0.4, -0.2) is 30.2 Å². The summed E-state index contributed by atoms with van der Waals surface area (Å²) in [7, 11) is 0. The topological polar surface area (TPSA) is 107 Å². The third-order valence-electron chi connectivity index (χ3n) is 4.72. The van der Waals surface area contributed by atoms with Crippen molar-refractivity contribution in [1.82, 2.24) is 24.3 Å². The second-order valence-electron chi connectivity index (χ2n) is 6.90. The maximum absolute atomic E-state index is 12.8. The molecule has 158 valence electrons. The maximum Gasteiger partial charge on any atom is 0.350 e. The zero-order valence-corrected chi connectivity index (χ0v) is 17.2.